The van der Waals surface area contributed by atoms with E-state index in [9.17, 15) is 0 Å². The lowest BCUT2D eigenvalue weighted by molar-refractivity contribution is 0.155. The van der Waals surface area contributed by atoms with Crippen LogP contribution in [0.2, 0.25) is 0 Å². The SMILES string of the molecule is NO.On1nnc2ccccc21. The lowest BCUT2D eigenvalue weighted by Crippen LogP contribution is -1.90. The molecule has 1 heterocycles. The topological polar surface area (TPSA) is 97.2 Å². The minimum Gasteiger partial charge on any atom is -0.410 e. The van der Waals surface area contributed by atoms with Crippen molar-refractivity contribution in [3.63, 3.8) is 0 Å². The van der Waals surface area contributed by atoms with E-state index in [1.165, 1.54) is 0 Å². The summed E-state index contributed by atoms with van der Waals surface area (Å²) in [7, 11) is 0. The molecule has 0 aliphatic heterocycles. The highest BCUT2D eigenvalue weighted by Gasteiger charge is 1.98. The van der Waals surface area contributed by atoms with Gasteiger partial charge in [0.25, 0.3) is 0 Å². The first-order valence-corrected chi connectivity index (χ1v) is 3.13. The van der Waals surface area contributed by atoms with E-state index in [4.69, 9.17) is 10.4 Å². The molecule has 6 nitrogen and oxygen atoms in total. The van der Waals surface area contributed by atoms with Crippen LogP contribution in [0.4, 0.5) is 0 Å². The smallest absolute Gasteiger partial charge is 0.130 e. The van der Waals surface area contributed by atoms with Gasteiger partial charge in [-0.15, -0.1) is 5.10 Å². The largest absolute Gasteiger partial charge is 0.410 e. The Morgan fingerprint density at radius 2 is 1.92 bits per heavy atom. The third-order valence-corrected chi connectivity index (χ3v) is 1.33. The lowest BCUT2D eigenvalue weighted by Gasteiger charge is -1.85. The van der Waals surface area contributed by atoms with Crippen LogP contribution >= 0.6 is 0 Å². The van der Waals surface area contributed by atoms with Crippen LogP contribution in [0.3, 0.4) is 0 Å². The van der Waals surface area contributed by atoms with Crippen LogP contribution in [-0.2, 0) is 0 Å². The molecule has 0 saturated carbocycles. The van der Waals surface area contributed by atoms with Crippen LogP contribution in [0, 0.1) is 0 Å². The Kier molecular flexibility index (Phi) is 2.57. The summed E-state index contributed by atoms with van der Waals surface area (Å²) >= 11 is 0. The maximum Gasteiger partial charge on any atom is 0.130 e. The predicted molar refractivity (Wildman–Crippen MR) is 40.7 cm³/mol. The summed E-state index contributed by atoms with van der Waals surface area (Å²) in [6.07, 6.45) is 0. The maximum atomic E-state index is 8.95. The molecule has 0 unspecified atom stereocenters. The molecule has 12 heavy (non-hydrogen) atoms. The third-order valence-electron chi connectivity index (χ3n) is 1.33. The minimum atomic E-state index is 0.627. The number of nitrogens with zero attached hydrogens (tertiary/aromatic N) is 3. The Balaban J connectivity index is 0.000000336. The second-order valence-corrected chi connectivity index (χ2v) is 1.97. The summed E-state index contributed by atoms with van der Waals surface area (Å²) < 4.78 is 0. The summed E-state index contributed by atoms with van der Waals surface area (Å²) in [5.74, 6) is 3.50. The Hall–Kier alpha value is -1.66. The van der Waals surface area contributed by atoms with Gasteiger partial charge in [0, 0.05) is 0 Å². The van der Waals surface area contributed by atoms with Crippen molar-refractivity contribution in [2.75, 3.05) is 0 Å². The van der Waals surface area contributed by atoms with E-state index in [1.807, 2.05) is 12.1 Å². The second kappa shape index (κ2) is 3.65. The standard InChI is InChI=1S/C6H5N3O.H3NO/c10-9-6-4-2-1-3-5(6)7-8-9;1-2/h1-4,10H;2H,1H2. The van der Waals surface area contributed by atoms with Gasteiger partial charge in [-0.3, -0.25) is 0 Å². The van der Waals surface area contributed by atoms with Crippen molar-refractivity contribution in [3.05, 3.63) is 24.3 Å². The van der Waals surface area contributed by atoms with Crippen LogP contribution in [0.25, 0.3) is 11.0 Å². The van der Waals surface area contributed by atoms with Crippen LogP contribution in [0.15, 0.2) is 24.3 Å². The highest BCUT2D eigenvalue weighted by atomic mass is 16.5. The van der Waals surface area contributed by atoms with Gasteiger partial charge >= 0.3 is 0 Å². The van der Waals surface area contributed by atoms with Gasteiger partial charge in [0.05, 0.1) is 0 Å². The molecule has 2 aromatic rings. The highest BCUT2D eigenvalue weighted by Crippen LogP contribution is 2.06. The van der Waals surface area contributed by atoms with Gasteiger partial charge in [0.2, 0.25) is 0 Å². The molecule has 0 spiro atoms. The van der Waals surface area contributed by atoms with Gasteiger partial charge in [-0.25, -0.2) is 5.90 Å². The zero-order chi connectivity index (χ0) is 8.97. The molecule has 64 valence electrons. The molecular weight excluding hydrogens is 160 g/mol. The van der Waals surface area contributed by atoms with Crippen LogP contribution in [0.1, 0.15) is 0 Å². The second-order valence-electron chi connectivity index (χ2n) is 1.97. The summed E-state index contributed by atoms with van der Waals surface area (Å²) in [5, 5.41) is 22.6. The number of fused-ring (bicyclic) bond motifs is 1. The third kappa shape index (κ3) is 1.34. The summed E-state index contributed by atoms with van der Waals surface area (Å²) in [5.41, 5.74) is 1.33. The molecule has 0 amide bonds. The van der Waals surface area contributed by atoms with Crippen molar-refractivity contribution in [2.45, 2.75) is 0 Å². The molecule has 4 N–H and O–H groups in total. The fraction of sp³-hybridized carbons (Fsp3) is 0. The van der Waals surface area contributed by atoms with Crippen LogP contribution < -0.4 is 5.90 Å². The Labute approximate surface area is 67.8 Å². The Morgan fingerprint density at radius 1 is 1.25 bits per heavy atom. The first-order chi connectivity index (χ1) is 5.88. The molecule has 1 aromatic carbocycles. The van der Waals surface area contributed by atoms with Gasteiger partial charge in [-0.2, -0.15) is 0 Å². The van der Waals surface area contributed by atoms with E-state index >= 15 is 0 Å². The molecule has 6 heteroatoms. The van der Waals surface area contributed by atoms with Crippen molar-refractivity contribution in [2.24, 2.45) is 5.90 Å². The number of rotatable bonds is 0. The average molecular weight is 168 g/mol. The van der Waals surface area contributed by atoms with Crippen molar-refractivity contribution in [1.82, 2.24) is 15.2 Å². The average Bonchev–Trinajstić information content (AvgIpc) is 2.53. The number of hydrogen-bond acceptors (Lipinski definition) is 5. The minimum absolute atomic E-state index is 0.627. The first-order valence-electron chi connectivity index (χ1n) is 3.13. The van der Waals surface area contributed by atoms with Gasteiger partial charge in [-0.05, 0) is 17.3 Å². The Morgan fingerprint density at radius 3 is 2.58 bits per heavy atom. The van der Waals surface area contributed by atoms with Crippen molar-refractivity contribution >= 4 is 11.0 Å². The Bertz CT molecular complexity index is 359. The van der Waals surface area contributed by atoms with Gasteiger partial charge in [0.15, 0.2) is 0 Å². The van der Waals surface area contributed by atoms with Crippen LogP contribution in [-0.4, -0.2) is 25.6 Å². The summed E-state index contributed by atoms with van der Waals surface area (Å²) in [6.45, 7) is 0. The monoisotopic (exact) mass is 168 g/mol. The van der Waals surface area contributed by atoms with Gasteiger partial charge < -0.3 is 10.4 Å². The quantitative estimate of drug-likeness (QED) is 0.380. The van der Waals surface area contributed by atoms with Crippen molar-refractivity contribution < 1.29 is 10.4 Å². The molecule has 0 aliphatic carbocycles. The zero-order valence-corrected chi connectivity index (χ0v) is 6.12. The normalized spacial score (nSPS) is 9.17. The van der Waals surface area contributed by atoms with Gasteiger partial charge in [-0.1, -0.05) is 17.0 Å². The molecule has 1 aromatic heterocycles. The van der Waals surface area contributed by atoms with Crippen LogP contribution in [0.5, 0.6) is 0 Å². The number of nitrogens with two attached hydrogens (primary N) is 1. The van der Waals surface area contributed by atoms with Gasteiger partial charge in [0.1, 0.15) is 11.0 Å². The predicted octanol–water partition coefficient (Wildman–Crippen LogP) is 0.00290. The number of hydrogen-bond donors (Lipinski definition) is 3. The molecule has 0 fully saturated rings. The lowest BCUT2D eigenvalue weighted by atomic mass is 10.3. The van der Waals surface area contributed by atoms with E-state index < -0.39 is 0 Å². The summed E-state index contributed by atoms with van der Waals surface area (Å²) in [4.78, 5) is 0.759. The van der Waals surface area contributed by atoms with E-state index in [-0.39, 0.29) is 0 Å². The van der Waals surface area contributed by atoms with E-state index in [0.717, 1.165) is 4.85 Å². The van der Waals surface area contributed by atoms with E-state index in [2.05, 4.69) is 16.2 Å². The number of para-hydroxylation sites is 1. The fourth-order valence-corrected chi connectivity index (χ4v) is 0.857. The first kappa shape index (κ1) is 8.44. The number of aromatic nitrogens is 3. The molecular formula is C6H8N4O2. The highest BCUT2D eigenvalue weighted by molar-refractivity contribution is 5.73. The number of benzene rings is 1. The summed E-state index contributed by atoms with van der Waals surface area (Å²) in [6, 6.07) is 7.19. The molecule has 0 bridgehead atoms. The molecule has 0 atom stereocenters. The van der Waals surface area contributed by atoms with Crippen molar-refractivity contribution in [3.8, 4) is 0 Å². The molecule has 0 radical (unpaired) electrons. The zero-order valence-electron chi connectivity index (χ0n) is 6.12. The fourth-order valence-electron chi connectivity index (χ4n) is 0.857. The maximum absolute atomic E-state index is 8.95. The van der Waals surface area contributed by atoms with E-state index in [1.54, 1.807) is 12.1 Å². The molecule has 0 aliphatic rings. The molecule has 0 saturated heterocycles. The van der Waals surface area contributed by atoms with E-state index in [0.29, 0.717) is 11.0 Å². The molecule has 2 rings (SSSR count). The van der Waals surface area contributed by atoms with Crippen molar-refractivity contribution in [1.29, 1.82) is 0 Å².